The summed E-state index contributed by atoms with van der Waals surface area (Å²) < 4.78 is 11.7. The number of piperazine rings is 1. The molecule has 3 atom stereocenters. The third-order valence-electron chi connectivity index (χ3n) is 5.95. The van der Waals surface area contributed by atoms with Gasteiger partial charge in [0.2, 0.25) is 0 Å². The minimum Gasteiger partial charge on any atom is -0.497 e. The fraction of sp³-hybridized carbons (Fsp3) is 0.478. The van der Waals surface area contributed by atoms with Crippen LogP contribution < -0.4 is 10.1 Å². The maximum atomic E-state index is 6.34. The van der Waals surface area contributed by atoms with Gasteiger partial charge in [0, 0.05) is 38.1 Å². The smallest absolute Gasteiger partial charge is 0.118 e. The largest absolute Gasteiger partial charge is 0.497 e. The Morgan fingerprint density at radius 2 is 1.78 bits per heavy atom. The molecular weight excluding hydrogens is 336 g/mol. The zero-order chi connectivity index (χ0) is 18.6. The lowest BCUT2D eigenvalue weighted by molar-refractivity contribution is 0.00293. The van der Waals surface area contributed by atoms with Gasteiger partial charge < -0.3 is 14.8 Å². The Bertz CT molecular complexity index is 740. The van der Waals surface area contributed by atoms with Gasteiger partial charge in [0.15, 0.2) is 0 Å². The molecule has 2 aromatic carbocycles. The van der Waals surface area contributed by atoms with Crippen LogP contribution in [0.25, 0.3) is 0 Å². The Labute approximate surface area is 162 Å². The fourth-order valence-electron chi connectivity index (χ4n) is 4.41. The first-order valence-electron chi connectivity index (χ1n) is 10.1. The van der Waals surface area contributed by atoms with E-state index in [4.69, 9.17) is 9.47 Å². The summed E-state index contributed by atoms with van der Waals surface area (Å²) in [6.07, 6.45) is 1.13. The van der Waals surface area contributed by atoms with E-state index in [1.165, 1.54) is 16.7 Å². The van der Waals surface area contributed by atoms with Gasteiger partial charge >= 0.3 is 0 Å². The van der Waals surface area contributed by atoms with Gasteiger partial charge in [-0.2, -0.15) is 0 Å². The van der Waals surface area contributed by atoms with E-state index in [1.54, 1.807) is 7.11 Å². The Balaban J connectivity index is 1.62. The van der Waals surface area contributed by atoms with E-state index < -0.39 is 0 Å². The van der Waals surface area contributed by atoms with Gasteiger partial charge in [-0.1, -0.05) is 43.3 Å². The summed E-state index contributed by atoms with van der Waals surface area (Å²) in [5.41, 5.74) is 4.16. The van der Waals surface area contributed by atoms with Crippen molar-refractivity contribution in [2.75, 3.05) is 39.9 Å². The summed E-state index contributed by atoms with van der Waals surface area (Å²) in [6, 6.07) is 17.7. The number of benzene rings is 2. The fourth-order valence-corrected chi connectivity index (χ4v) is 4.41. The third-order valence-corrected chi connectivity index (χ3v) is 5.95. The first-order chi connectivity index (χ1) is 13.3. The van der Waals surface area contributed by atoms with Crippen LogP contribution in [0.5, 0.6) is 5.75 Å². The Morgan fingerprint density at radius 1 is 1.07 bits per heavy atom. The van der Waals surface area contributed by atoms with E-state index in [9.17, 15) is 0 Å². The van der Waals surface area contributed by atoms with Crippen LogP contribution in [0.15, 0.2) is 48.5 Å². The highest BCUT2D eigenvalue weighted by molar-refractivity contribution is 5.35. The summed E-state index contributed by atoms with van der Waals surface area (Å²) in [7, 11) is 1.72. The quantitative estimate of drug-likeness (QED) is 0.870. The van der Waals surface area contributed by atoms with Crippen LogP contribution in [-0.4, -0.2) is 44.8 Å². The number of rotatable bonds is 5. The molecule has 1 fully saturated rings. The monoisotopic (exact) mass is 366 g/mol. The molecule has 3 unspecified atom stereocenters. The number of hydrogen-bond donors (Lipinski definition) is 1. The van der Waals surface area contributed by atoms with E-state index in [1.807, 2.05) is 0 Å². The second-order valence-corrected chi connectivity index (χ2v) is 7.66. The van der Waals surface area contributed by atoms with Crippen LogP contribution in [0.4, 0.5) is 0 Å². The van der Waals surface area contributed by atoms with Gasteiger partial charge in [-0.25, -0.2) is 0 Å². The van der Waals surface area contributed by atoms with Gasteiger partial charge in [-0.15, -0.1) is 0 Å². The predicted molar refractivity (Wildman–Crippen MR) is 108 cm³/mol. The Hall–Kier alpha value is -1.88. The summed E-state index contributed by atoms with van der Waals surface area (Å²) in [4.78, 5) is 2.60. The molecule has 0 amide bonds. The number of nitrogens with one attached hydrogen (secondary N) is 1. The summed E-state index contributed by atoms with van der Waals surface area (Å²) in [5, 5.41) is 3.47. The van der Waals surface area contributed by atoms with E-state index in [-0.39, 0.29) is 6.10 Å². The molecule has 1 saturated heterocycles. The lowest BCUT2D eigenvalue weighted by atomic mass is 9.86. The molecule has 1 N–H and O–H groups in total. The van der Waals surface area contributed by atoms with Gasteiger partial charge in [0.1, 0.15) is 5.75 Å². The normalized spacial score (nSPS) is 24.2. The summed E-state index contributed by atoms with van der Waals surface area (Å²) in [5.74, 6) is 1.38. The van der Waals surface area contributed by atoms with Crippen molar-refractivity contribution in [2.45, 2.75) is 31.4 Å². The van der Waals surface area contributed by atoms with Gasteiger partial charge in [-0.3, -0.25) is 4.90 Å². The van der Waals surface area contributed by atoms with Crippen molar-refractivity contribution in [3.05, 3.63) is 65.2 Å². The summed E-state index contributed by atoms with van der Waals surface area (Å²) in [6.45, 7) is 7.30. The highest BCUT2D eigenvalue weighted by Gasteiger charge is 2.31. The number of methoxy groups -OCH3 is 1. The van der Waals surface area contributed by atoms with Crippen molar-refractivity contribution < 1.29 is 9.47 Å². The molecule has 144 valence electrons. The first kappa shape index (κ1) is 18.5. The highest BCUT2D eigenvalue weighted by Crippen LogP contribution is 2.40. The molecule has 2 aromatic rings. The van der Waals surface area contributed by atoms with Crippen LogP contribution in [0.2, 0.25) is 0 Å². The average molecular weight is 367 g/mol. The maximum absolute atomic E-state index is 6.34. The minimum atomic E-state index is 0.152. The maximum Gasteiger partial charge on any atom is 0.118 e. The molecule has 4 rings (SSSR count). The molecular formula is C23H30N2O2. The lowest BCUT2D eigenvalue weighted by Crippen LogP contribution is -2.45. The molecule has 0 saturated carbocycles. The van der Waals surface area contributed by atoms with Crippen LogP contribution in [0.1, 0.15) is 48.1 Å². The topological polar surface area (TPSA) is 33.7 Å². The van der Waals surface area contributed by atoms with Crippen LogP contribution in [0.3, 0.4) is 0 Å². The van der Waals surface area contributed by atoms with Gasteiger partial charge in [0.05, 0.1) is 19.8 Å². The molecule has 4 heteroatoms. The molecule has 4 nitrogen and oxygen atoms in total. The summed E-state index contributed by atoms with van der Waals surface area (Å²) >= 11 is 0. The Kier molecular flexibility index (Phi) is 5.77. The second kappa shape index (κ2) is 8.42. The zero-order valence-electron chi connectivity index (χ0n) is 16.4. The number of hydrogen-bond acceptors (Lipinski definition) is 4. The highest BCUT2D eigenvalue weighted by atomic mass is 16.5. The van der Waals surface area contributed by atoms with Crippen molar-refractivity contribution >= 4 is 0 Å². The lowest BCUT2D eigenvalue weighted by Gasteiger charge is -2.39. The standard InChI is InChI=1S/C23H30N2O2/c1-17-16-27-23(21-6-4-3-5-20(17)21)15-22(25-13-11-24-12-14-25)18-7-9-19(26-2)10-8-18/h3-10,17,22-24H,11-16H2,1-2H3. The molecule has 0 bridgehead atoms. The predicted octanol–water partition coefficient (Wildman–Crippen LogP) is 3.91. The van der Waals surface area contributed by atoms with Crippen molar-refractivity contribution in [3.63, 3.8) is 0 Å². The van der Waals surface area contributed by atoms with E-state index in [2.05, 4.69) is 65.7 Å². The van der Waals surface area contributed by atoms with E-state index >= 15 is 0 Å². The zero-order valence-corrected chi connectivity index (χ0v) is 16.4. The van der Waals surface area contributed by atoms with Crippen LogP contribution >= 0.6 is 0 Å². The van der Waals surface area contributed by atoms with Gasteiger partial charge in [-0.05, 0) is 35.2 Å². The SMILES string of the molecule is COc1ccc(C(CC2OCC(C)c3ccccc32)N2CCNCC2)cc1. The average Bonchev–Trinajstić information content (AvgIpc) is 2.74. The van der Waals surface area contributed by atoms with Crippen LogP contribution in [0, 0.1) is 0 Å². The minimum absolute atomic E-state index is 0.152. The van der Waals surface area contributed by atoms with Crippen molar-refractivity contribution in [1.29, 1.82) is 0 Å². The number of fused-ring (bicyclic) bond motifs is 1. The number of ether oxygens (including phenoxy) is 2. The molecule has 0 spiro atoms. The molecule has 2 heterocycles. The molecule has 0 aromatic heterocycles. The first-order valence-corrected chi connectivity index (χ1v) is 10.1. The van der Waals surface area contributed by atoms with Crippen molar-refractivity contribution in [1.82, 2.24) is 10.2 Å². The van der Waals surface area contributed by atoms with Crippen molar-refractivity contribution in [3.8, 4) is 5.75 Å². The molecule has 2 aliphatic heterocycles. The Morgan fingerprint density at radius 3 is 2.48 bits per heavy atom. The third kappa shape index (κ3) is 4.03. The van der Waals surface area contributed by atoms with E-state index in [0.29, 0.717) is 12.0 Å². The van der Waals surface area contributed by atoms with E-state index in [0.717, 1.165) is 45.0 Å². The molecule has 27 heavy (non-hydrogen) atoms. The van der Waals surface area contributed by atoms with Crippen molar-refractivity contribution in [2.24, 2.45) is 0 Å². The molecule has 2 aliphatic rings. The van der Waals surface area contributed by atoms with Crippen LogP contribution in [-0.2, 0) is 4.74 Å². The molecule has 0 radical (unpaired) electrons. The number of nitrogens with zero attached hydrogens (tertiary/aromatic N) is 1. The van der Waals surface area contributed by atoms with Gasteiger partial charge in [0.25, 0.3) is 0 Å². The molecule has 0 aliphatic carbocycles. The second-order valence-electron chi connectivity index (χ2n) is 7.66.